The van der Waals surface area contributed by atoms with E-state index in [0.29, 0.717) is 12.5 Å². The highest BCUT2D eigenvalue weighted by Crippen LogP contribution is 2.06. The van der Waals surface area contributed by atoms with Crippen molar-refractivity contribution < 1.29 is 4.39 Å². The standard InChI is InChI=1S/C9H13ClFN3/c1-2-7(10)3-4-12-9-13-5-8(11)6-14-9/h5-7H,2-4H2,1H3,(H,12,13,14). The minimum absolute atomic E-state index is 0.169. The normalized spacial score (nSPS) is 12.5. The molecule has 1 N–H and O–H groups in total. The summed E-state index contributed by atoms with van der Waals surface area (Å²) < 4.78 is 12.4. The van der Waals surface area contributed by atoms with Gasteiger partial charge in [-0.2, -0.15) is 0 Å². The first-order chi connectivity index (χ1) is 6.72. The number of aromatic nitrogens is 2. The fraction of sp³-hybridized carbons (Fsp3) is 0.556. The first-order valence-electron chi connectivity index (χ1n) is 4.58. The maximum absolute atomic E-state index is 12.4. The summed E-state index contributed by atoms with van der Waals surface area (Å²) in [6, 6.07) is 0. The molecule has 3 nitrogen and oxygen atoms in total. The van der Waals surface area contributed by atoms with Gasteiger partial charge in [0.2, 0.25) is 5.95 Å². The zero-order valence-corrected chi connectivity index (χ0v) is 8.76. The third kappa shape index (κ3) is 3.87. The van der Waals surface area contributed by atoms with Gasteiger partial charge in [-0.25, -0.2) is 14.4 Å². The van der Waals surface area contributed by atoms with E-state index in [1.165, 1.54) is 0 Å². The quantitative estimate of drug-likeness (QED) is 0.770. The minimum Gasteiger partial charge on any atom is -0.354 e. The molecule has 14 heavy (non-hydrogen) atoms. The fourth-order valence-corrected chi connectivity index (χ4v) is 1.06. The van der Waals surface area contributed by atoms with Gasteiger partial charge in [-0.15, -0.1) is 11.6 Å². The van der Waals surface area contributed by atoms with Crippen molar-refractivity contribution in [1.29, 1.82) is 0 Å². The van der Waals surface area contributed by atoms with Crippen LogP contribution in [0.25, 0.3) is 0 Å². The topological polar surface area (TPSA) is 37.8 Å². The molecule has 0 spiro atoms. The van der Waals surface area contributed by atoms with Crippen molar-refractivity contribution in [3.05, 3.63) is 18.2 Å². The number of anilines is 1. The molecule has 1 aromatic heterocycles. The van der Waals surface area contributed by atoms with Gasteiger partial charge in [0.15, 0.2) is 5.82 Å². The Labute approximate surface area is 87.7 Å². The zero-order valence-electron chi connectivity index (χ0n) is 8.00. The maximum atomic E-state index is 12.4. The van der Waals surface area contributed by atoms with Crippen molar-refractivity contribution in [2.45, 2.75) is 25.1 Å². The Balaban J connectivity index is 2.28. The molecule has 0 saturated heterocycles. The van der Waals surface area contributed by atoms with Crippen LogP contribution in [0.5, 0.6) is 0 Å². The Morgan fingerprint density at radius 1 is 1.50 bits per heavy atom. The maximum Gasteiger partial charge on any atom is 0.222 e. The van der Waals surface area contributed by atoms with Gasteiger partial charge in [-0.05, 0) is 12.8 Å². The average molecular weight is 218 g/mol. The molecule has 1 heterocycles. The molecule has 0 fully saturated rings. The van der Waals surface area contributed by atoms with Crippen LogP contribution in [0.1, 0.15) is 19.8 Å². The molecule has 0 bridgehead atoms. The largest absolute Gasteiger partial charge is 0.354 e. The predicted molar refractivity (Wildman–Crippen MR) is 55.0 cm³/mol. The molecule has 0 aromatic carbocycles. The monoisotopic (exact) mass is 217 g/mol. The summed E-state index contributed by atoms with van der Waals surface area (Å²) in [6.07, 6.45) is 4.05. The Kier molecular flexibility index (Phi) is 4.59. The van der Waals surface area contributed by atoms with Crippen LogP contribution in [0.3, 0.4) is 0 Å². The summed E-state index contributed by atoms with van der Waals surface area (Å²) in [4.78, 5) is 7.52. The second kappa shape index (κ2) is 5.75. The van der Waals surface area contributed by atoms with Crippen molar-refractivity contribution in [3.8, 4) is 0 Å². The van der Waals surface area contributed by atoms with E-state index in [4.69, 9.17) is 11.6 Å². The zero-order chi connectivity index (χ0) is 10.4. The van der Waals surface area contributed by atoms with Crippen LogP contribution in [0, 0.1) is 5.82 Å². The van der Waals surface area contributed by atoms with E-state index in [2.05, 4.69) is 15.3 Å². The van der Waals surface area contributed by atoms with Crippen molar-refractivity contribution in [2.75, 3.05) is 11.9 Å². The number of hydrogen-bond acceptors (Lipinski definition) is 3. The molecular weight excluding hydrogens is 205 g/mol. The highest BCUT2D eigenvalue weighted by atomic mass is 35.5. The highest BCUT2D eigenvalue weighted by Gasteiger charge is 2.01. The van der Waals surface area contributed by atoms with Gasteiger partial charge >= 0.3 is 0 Å². The van der Waals surface area contributed by atoms with Crippen LogP contribution in [-0.4, -0.2) is 21.9 Å². The van der Waals surface area contributed by atoms with Gasteiger partial charge in [0.1, 0.15) is 0 Å². The lowest BCUT2D eigenvalue weighted by atomic mass is 10.2. The van der Waals surface area contributed by atoms with Gasteiger partial charge < -0.3 is 5.32 Å². The van der Waals surface area contributed by atoms with Crippen molar-refractivity contribution >= 4 is 17.5 Å². The molecule has 1 rings (SSSR count). The minimum atomic E-state index is -0.431. The van der Waals surface area contributed by atoms with Crippen LogP contribution < -0.4 is 5.32 Å². The molecule has 0 aliphatic carbocycles. The number of nitrogens with one attached hydrogen (secondary N) is 1. The lowest BCUT2D eigenvalue weighted by Gasteiger charge is -2.07. The summed E-state index contributed by atoms with van der Waals surface area (Å²) in [5, 5.41) is 3.13. The van der Waals surface area contributed by atoms with E-state index < -0.39 is 5.82 Å². The first kappa shape index (κ1) is 11.2. The molecule has 0 aliphatic rings. The predicted octanol–water partition coefficient (Wildman–Crippen LogP) is 2.44. The number of nitrogens with zero attached hydrogens (tertiary/aromatic N) is 2. The van der Waals surface area contributed by atoms with Crippen molar-refractivity contribution in [2.24, 2.45) is 0 Å². The Morgan fingerprint density at radius 2 is 2.14 bits per heavy atom. The molecule has 0 radical (unpaired) electrons. The van der Waals surface area contributed by atoms with Gasteiger partial charge in [-0.3, -0.25) is 0 Å². The Hall–Kier alpha value is -0.900. The van der Waals surface area contributed by atoms with E-state index in [9.17, 15) is 4.39 Å². The lowest BCUT2D eigenvalue weighted by Crippen LogP contribution is -2.10. The van der Waals surface area contributed by atoms with Crippen LogP contribution >= 0.6 is 11.6 Å². The number of halogens is 2. The number of alkyl halides is 1. The number of hydrogen-bond donors (Lipinski definition) is 1. The average Bonchev–Trinajstić information content (AvgIpc) is 2.21. The molecule has 0 saturated carbocycles. The van der Waals surface area contributed by atoms with Crippen LogP contribution in [0.15, 0.2) is 12.4 Å². The molecule has 1 atom stereocenters. The van der Waals surface area contributed by atoms with Crippen molar-refractivity contribution in [3.63, 3.8) is 0 Å². The van der Waals surface area contributed by atoms with Crippen LogP contribution in [0.4, 0.5) is 10.3 Å². The van der Waals surface area contributed by atoms with Gasteiger partial charge in [0.25, 0.3) is 0 Å². The van der Waals surface area contributed by atoms with E-state index in [1.54, 1.807) is 0 Å². The Bertz CT molecular complexity index is 265. The van der Waals surface area contributed by atoms with Gasteiger partial charge in [-0.1, -0.05) is 6.92 Å². The van der Waals surface area contributed by atoms with Crippen LogP contribution in [0.2, 0.25) is 0 Å². The van der Waals surface area contributed by atoms with Gasteiger partial charge in [0, 0.05) is 11.9 Å². The van der Waals surface area contributed by atoms with E-state index in [0.717, 1.165) is 25.2 Å². The van der Waals surface area contributed by atoms with E-state index >= 15 is 0 Å². The van der Waals surface area contributed by atoms with E-state index in [1.807, 2.05) is 6.92 Å². The Morgan fingerprint density at radius 3 is 2.71 bits per heavy atom. The molecule has 78 valence electrons. The van der Waals surface area contributed by atoms with Gasteiger partial charge in [0.05, 0.1) is 12.4 Å². The lowest BCUT2D eigenvalue weighted by molar-refractivity contribution is 0.613. The SMILES string of the molecule is CCC(Cl)CCNc1ncc(F)cn1. The summed E-state index contributed by atoms with van der Waals surface area (Å²) in [6.45, 7) is 2.74. The van der Waals surface area contributed by atoms with Crippen molar-refractivity contribution in [1.82, 2.24) is 9.97 Å². The molecule has 0 amide bonds. The second-order valence-electron chi connectivity index (χ2n) is 2.95. The van der Waals surface area contributed by atoms with Crippen LogP contribution in [-0.2, 0) is 0 Å². The summed E-state index contributed by atoms with van der Waals surface area (Å²) in [5.74, 6) is 0.00528. The smallest absolute Gasteiger partial charge is 0.222 e. The third-order valence-electron chi connectivity index (χ3n) is 1.80. The fourth-order valence-electron chi connectivity index (χ4n) is 0.948. The summed E-state index contributed by atoms with van der Waals surface area (Å²) in [5.41, 5.74) is 0. The first-order valence-corrected chi connectivity index (χ1v) is 5.01. The molecule has 5 heteroatoms. The molecule has 1 aromatic rings. The van der Waals surface area contributed by atoms with E-state index in [-0.39, 0.29) is 5.38 Å². The second-order valence-corrected chi connectivity index (χ2v) is 3.56. The summed E-state index contributed by atoms with van der Waals surface area (Å²) >= 11 is 5.92. The molecule has 1 unspecified atom stereocenters. The molecular formula is C9H13ClFN3. The highest BCUT2D eigenvalue weighted by molar-refractivity contribution is 6.20. The summed E-state index contributed by atoms with van der Waals surface area (Å²) in [7, 11) is 0. The number of rotatable bonds is 5. The third-order valence-corrected chi connectivity index (χ3v) is 2.33. The molecule has 0 aliphatic heterocycles.